The number of halogens is 1. The van der Waals surface area contributed by atoms with Crippen molar-refractivity contribution >= 4 is 0 Å². The van der Waals surface area contributed by atoms with Crippen LogP contribution in [0.3, 0.4) is 0 Å². The van der Waals surface area contributed by atoms with Crippen LogP contribution in [0.15, 0.2) is 30.5 Å². The predicted molar refractivity (Wildman–Crippen MR) is 73.3 cm³/mol. The zero-order chi connectivity index (χ0) is 13.2. The molecule has 0 spiro atoms. The Morgan fingerprint density at radius 3 is 3.11 bits per heavy atom. The molecule has 0 aliphatic carbocycles. The summed E-state index contributed by atoms with van der Waals surface area (Å²) in [5, 5.41) is 7.72. The van der Waals surface area contributed by atoms with Crippen molar-refractivity contribution in [3.05, 3.63) is 42.0 Å². The predicted octanol–water partition coefficient (Wildman–Crippen LogP) is 2.38. The van der Waals surface area contributed by atoms with Crippen molar-refractivity contribution in [3.63, 3.8) is 0 Å². The molecule has 3 rings (SSSR count). The van der Waals surface area contributed by atoms with Crippen molar-refractivity contribution in [1.82, 2.24) is 15.1 Å². The molecular weight excluding hydrogens is 241 g/mol. The Hall–Kier alpha value is -1.68. The van der Waals surface area contributed by atoms with Crippen molar-refractivity contribution in [2.75, 3.05) is 13.1 Å². The number of hydrogen-bond acceptors (Lipinski definition) is 2. The van der Waals surface area contributed by atoms with Crippen LogP contribution in [-0.2, 0) is 13.5 Å². The van der Waals surface area contributed by atoms with Crippen LogP contribution < -0.4 is 5.32 Å². The van der Waals surface area contributed by atoms with Gasteiger partial charge in [0.25, 0.3) is 0 Å². The molecule has 100 valence electrons. The molecule has 0 saturated carbocycles. The molecule has 2 heterocycles. The standard InChI is InChI=1S/C15H18FN3/c1-19-15(7-11-5-6-17-9-11)14(10-18-19)12-3-2-4-13(16)8-12/h2-4,8,10-11,17H,5-7,9H2,1H3. The molecule has 0 bridgehead atoms. The van der Waals surface area contributed by atoms with E-state index in [9.17, 15) is 4.39 Å². The van der Waals surface area contributed by atoms with Crippen LogP contribution in [0.4, 0.5) is 4.39 Å². The lowest BCUT2D eigenvalue weighted by molar-refractivity contribution is 0.549. The fourth-order valence-electron chi connectivity index (χ4n) is 2.76. The number of aromatic nitrogens is 2. The number of aryl methyl sites for hydroxylation is 1. The molecule has 1 atom stereocenters. The zero-order valence-corrected chi connectivity index (χ0v) is 11.1. The van der Waals surface area contributed by atoms with Crippen LogP contribution in [0.1, 0.15) is 12.1 Å². The van der Waals surface area contributed by atoms with Crippen molar-refractivity contribution in [2.24, 2.45) is 13.0 Å². The largest absolute Gasteiger partial charge is 0.316 e. The van der Waals surface area contributed by atoms with Crippen LogP contribution in [0.2, 0.25) is 0 Å². The van der Waals surface area contributed by atoms with Crippen LogP contribution >= 0.6 is 0 Å². The Morgan fingerprint density at radius 2 is 2.37 bits per heavy atom. The second-order valence-electron chi connectivity index (χ2n) is 5.20. The first-order chi connectivity index (χ1) is 9.24. The van der Waals surface area contributed by atoms with Crippen molar-refractivity contribution in [2.45, 2.75) is 12.8 Å². The van der Waals surface area contributed by atoms with E-state index in [2.05, 4.69) is 10.4 Å². The minimum atomic E-state index is -0.199. The summed E-state index contributed by atoms with van der Waals surface area (Å²) in [6, 6.07) is 6.74. The Morgan fingerprint density at radius 1 is 1.47 bits per heavy atom. The van der Waals surface area contributed by atoms with Gasteiger partial charge in [-0.3, -0.25) is 4.68 Å². The number of benzene rings is 1. The first kappa shape index (κ1) is 12.4. The Balaban J connectivity index is 1.93. The van der Waals surface area contributed by atoms with E-state index in [1.165, 1.54) is 18.2 Å². The van der Waals surface area contributed by atoms with Gasteiger partial charge in [0, 0.05) is 18.3 Å². The fourth-order valence-corrected chi connectivity index (χ4v) is 2.76. The molecule has 19 heavy (non-hydrogen) atoms. The molecule has 1 aliphatic heterocycles. The molecule has 1 saturated heterocycles. The number of nitrogens with zero attached hydrogens (tertiary/aromatic N) is 2. The first-order valence-electron chi connectivity index (χ1n) is 6.71. The molecule has 1 aromatic heterocycles. The van der Waals surface area contributed by atoms with Gasteiger partial charge in [0.2, 0.25) is 0 Å². The second-order valence-corrected chi connectivity index (χ2v) is 5.20. The number of rotatable bonds is 3. The Kier molecular flexibility index (Phi) is 3.34. The van der Waals surface area contributed by atoms with E-state index in [1.54, 1.807) is 12.1 Å². The molecule has 0 amide bonds. The van der Waals surface area contributed by atoms with Gasteiger partial charge in [-0.15, -0.1) is 0 Å². The lowest BCUT2D eigenvalue weighted by Crippen LogP contribution is -2.13. The minimum absolute atomic E-state index is 0.199. The van der Waals surface area contributed by atoms with Gasteiger partial charge >= 0.3 is 0 Å². The maximum atomic E-state index is 13.4. The summed E-state index contributed by atoms with van der Waals surface area (Å²) in [7, 11) is 1.96. The third kappa shape index (κ3) is 2.54. The average Bonchev–Trinajstić information content (AvgIpc) is 3.01. The normalized spacial score (nSPS) is 18.9. The van der Waals surface area contributed by atoms with Gasteiger partial charge in [-0.05, 0) is 49.5 Å². The lowest BCUT2D eigenvalue weighted by atomic mass is 9.97. The third-order valence-corrected chi connectivity index (χ3v) is 3.84. The number of hydrogen-bond donors (Lipinski definition) is 1. The zero-order valence-electron chi connectivity index (χ0n) is 11.1. The van der Waals surface area contributed by atoms with E-state index < -0.39 is 0 Å². The van der Waals surface area contributed by atoms with Crippen molar-refractivity contribution in [3.8, 4) is 11.1 Å². The molecule has 4 heteroatoms. The molecule has 1 unspecified atom stereocenters. The van der Waals surface area contributed by atoms with Crippen LogP contribution in [-0.4, -0.2) is 22.9 Å². The Labute approximate surface area is 112 Å². The molecule has 1 aliphatic rings. The molecule has 1 N–H and O–H groups in total. The average molecular weight is 259 g/mol. The van der Waals surface area contributed by atoms with Gasteiger partial charge in [0.15, 0.2) is 0 Å². The van der Waals surface area contributed by atoms with E-state index in [0.717, 1.165) is 30.6 Å². The van der Waals surface area contributed by atoms with Gasteiger partial charge in [0.1, 0.15) is 5.82 Å². The Bertz CT molecular complexity index is 571. The summed E-state index contributed by atoms with van der Waals surface area (Å²) in [4.78, 5) is 0. The summed E-state index contributed by atoms with van der Waals surface area (Å²) >= 11 is 0. The molecule has 2 aromatic rings. The highest BCUT2D eigenvalue weighted by atomic mass is 19.1. The monoisotopic (exact) mass is 259 g/mol. The van der Waals surface area contributed by atoms with E-state index in [1.807, 2.05) is 24.0 Å². The third-order valence-electron chi connectivity index (χ3n) is 3.84. The van der Waals surface area contributed by atoms with E-state index in [-0.39, 0.29) is 5.82 Å². The van der Waals surface area contributed by atoms with Gasteiger partial charge < -0.3 is 5.32 Å². The van der Waals surface area contributed by atoms with E-state index >= 15 is 0 Å². The summed E-state index contributed by atoms with van der Waals surface area (Å²) in [6.07, 6.45) is 4.04. The topological polar surface area (TPSA) is 29.9 Å². The molecule has 3 nitrogen and oxygen atoms in total. The molecule has 0 radical (unpaired) electrons. The molecular formula is C15H18FN3. The summed E-state index contributed by atoms with van der Waals surface area (Å²) in [5.41, 5.74) is 3.15. The van der Waals surface area contributed by atoms with Gasteiger partial charge in [0.05, 0.1) is 6.20 Å². The van der Waals surface area contributed by atoms with E-state index in [0.29, 0.717) is 5.92 Å². The van der Waals surface area contributed by atoms with Gasteiger partial charge in [-0.1, -0.05) is 12.1 Å². The summed E-state index contributed by atoms with van der Waals surface area (Å²) in [5.74, 6) is 0.456. The van der Waals surface area contributed by atoms with Crippen molar-refractivity contribution in [1.29, 1.82) is 0 Å². The lowest BCUT2D eigenvalue weighted by Gasteiger charge is -2.11. The molecule has 1 aromatic carbocycles. The molecule has 1 fully saturated rings. The smallest absolute Gasteiger partial charge is 0.123 e. The first-order valence-corrected chi connectivity index (χ1v) is 6.71. The SMILES string of the molecule is Cn1ncc(-c2cccc(F)c2)c1CC1CCNC1. The maximum absolute atomic E-state index is 13.4. The minimum Gasteiger partial charge on any atom is -0.316 e. The van der Waals surface area contributed by atoms with Crippen molar-refractivity contribution < 1.29 is 4.39 Å². The second kappa shape index (κ2) is 5.13. The van der Waals surface area contributed by atoms with Crippen LogP contribution in [0.25, 0.3) is 11.1 Å². The van der Waals surface area contributed by atoms with Gasteiger partial charge in [-0.25, -0.2) is 4.39 Å². The van der Waals surface area contributed by atoms with Crippen LogP contribution in [0, 0.1) is 11.7 Å². The highest BCUT2D eigenvalue weighted by Crippen LogP contribution is 2.27. The highest BCUT2D eigenvalue weighted by molar-refractivity contribution is 5.65. The van der Waals surface area contributed by atoms with Crippen LogP contribution in [0.5, 0.6) is 0 Å². The highest BCUT2D eigenvalue weighted by Gasteiger charge is 2.19. The van der Waals surface area contributed by atoms with Gasteiger partial charge in [-0.2, -0.15) is 5.10 Å². The quantitative estimate of drug-likeness (QED) is 0.917. The fraction of sp³-hybridized carbons (Fsp3) is 0.400. The van der Waals surface area contributed by atoms with E-state index in [4.69, 9.17) is 0 Å². The number of nitrogens with one attached hydrogen (secondary N) is 1. The summed E-state index contributed by atoms with van der Waals surface area (Å²) in [6.45, 7) is 2.16. The maximum Gasteiger partial charge on any atom is 0.123 e. The summed E-state index contributed by atoms with van der Waals surface area (Å²) < 4.78 is 15.3.